The molecular weight excluding hydrogens is 402 g/mol. The van der Waals surface area contributed by atoms with Gasteiger partial charge in [0, 0.05) is 24.5 Å². The van der Waals surface area contributed by atoms with Crippen molar-refractivity contribution >= 4 is 29.3 Å². The molecule has 30 heavy (non-hydrogen) atoms. The summed E-state index contributed by atoms with van der Waals surface area (Å²) in [5, 5.41) is 27.7. The van der Waals surface area contributed by atoms with Gasteiger partial charge in [0.1, 0.15) is 11.6 Å². The smallest absolute Gasteiger partial charge is 0.193 e. The summed E-state index contributed by atoms with van der Waals surface area (Å²) in [5.41, 5.74) is 3.03. The fourth-order valence-electron chi connectivity index (χ4n) is 3.73. The Morgan fingerprint density at radius 3 is 2.77 bits per heavy atom. The minimum Gasteiger partial charge on any atom is -0.507 e. The van der Waals surface area contributed by atoms with Gasteiger partial charge in [-0.15, -0.1) is 22.8 Å². The molecule has 0 amide bonds. The lowest BCUT2D eigenvalue weighted by Gasteiger charge is -2.27. The van der Waals surface area contributed by atoms with Gasteiger partial charge in [0.05, 0.1) is 41.9 Å². The van der Waals surface area contributed by atoms with Gasteiger partial charge in [-0.25, -0.2) is 4.98 Å². The Hall–Kier alpha value is -3.11. The van der Waals surface area contributed by atoms with Crippen LogP contribution in [0.2, 0.25) is 0 Å². The van der Waals surface area contributed by atoms with Crippen LogP contribution in [0.4, 0.5) is 5.82 Å². The molecule has 0 radical (unpaired) electrons. The maximum absolute atomic E-state index is 10.7. The van der Waals surface area contributed by atoms with Crippen molar-refractivity contribution in [2.24, 2.45) is 0 Å². The van der Waals surface area contributed by atoms with E-state index in [9.17, 15) is 5.11 Å². The van der Waals surface area contributed by atoms with Gasteiger partial charge in [0.2, 0.25) is 0 Å². The van der Waals surface area contributed by atoms with Gasteiger partial charge >= 0.3 is 0 Å². The molecule has 2 N–H and O–H groups in total. The van der Waals surface area contributed by atoms with Crippen molar-refractivity contribution in [2.45, 2.75) is 18.5 Å². The van der Waals surface area contributed by atoms with E-state index >= 15 is 0 Å². The fraction of sp³-hybridized carbons (Fsp3) is 0.300. The molecule has 5 rings (SSSR count). The average Bonchev–Trinajstić information content (AvgIpc) is 3.36. The number of nitrogens with zero attached hydrogens (tertiary/aromatic N) is 6. The quantitative estimate of drug-likeness (QED) is 0.433. The first-order valence-corrected chi connectivity index (χ1v) is 10.2. The maximum atomic E-state index is 10.7. The van der Waals surface area contributed by atoms with Gasteiger partial charge in [-0.3, -0.25) is 9.67 Å². The highest BCUT2D eigenvalue weighted by Crippen LogP contribution is 2.35. The Balaban J connectivity index is 1.57. The van der Waals surface area contributed by atoms with Crippen molar-refractivity contribution in [3.8, 4) is 22.8 Å². The number of phenols is 1. The number of aromatic amines is 1. The third-order valence-electron chi connectivity index (χ3n) is 5.31. The van der Waals surface area contributed by atoms with E-state index in [1.54, 1.807) is 16.8 Å². The topological polar surface area (TPSA) is 105 Å². The Morgan fingerprint density at radius 2 is 2.03 bits per heavy atom. The van der Waals surface area contributed by atoms with E-state index < -0.39 is 0 Å². The zero-order chi connectivity index (χ0) is 20.7. The summed E-state index contributed by atoms with van der Waals surface area (Å²) in [5.74, 6) is 1.48. The zero-order valence-electron chi connectivity index (χ0n) is 16.4. The second-order valence-corrected chi connectivity index (χ2v) is 7.47. The molecule has 1 fully saturated rings. The van der Waals surface area contributed by atoms with Crippen LogP contribution in [0.5, 0.6) is 5.75 Å². The number of hydrogen-bond donors (Lipinski definition) is 3. The first kappa shape index (κ1) is 18.9. The molecule has 4 aromatic rings. The molecule has 0 spiro atoms. The molecule has 1 saturated heterocycles. The summed E-state index contributed by atoms with van der Waals surface area (Å²) in [6, 6.07) is 7.46. The van der Waals surface area contributed by atoms with E-state index in [4.69, 9.17) is 4.74 Å². The Kier molecular flexibility index (Phi) is 4.80. The number of phenolic OH excluding ortho intramolecular Hbond substituents is 1. The molecule has 0 bridgehead atoms. The van der Waals surface area contributed by atoms with E-state index in [2.05, 4.69) is 42.9 Å². The second-order valence-electron chi connectivity index (χ2n) is 7.07. The van der Waals surface area contributed by atoms with Crippen LogP contribution in [-0.4, -0.2) is 61.4 Å². The van der Waals surface area contributed by atoms with Crippen molar-refractivity contribution in [2.75, 3.05) is 31.2 Å². The molecule has 1 aliphatic rings. The molecule has 154 valence electrons. The lowest BCUT2D eigenvalue weighted by Crippen LogP contribution is -2.36. The van der Waals surface area contributed by atoms with Crippen LogP contribution in [0.1, 0.15) is 12.6 Å². The SMILES string of the molecule is CCc1n[nH]c2cc(O)c(-c3nnc(S)n3-c3ccc(N4CCOCC4)nc3)cc12. The van der Waals surface area contributed by atoms with Gasteiger partial charge in [-0.2, -0.15) is 5.10 Å². The number of benzene rings is 1. The molecule has 10 heteroatoms. The number of aromatic nitrogens is 6. The van der Waals surface area contributed by atoms with E-state index in [1.165, 1.54) is 0 Å². The first-order chi connectivity index (χ1) is 14.7. The molecular formula is C20H21N7O2S. The number of anilines is 1. The largest absolute Gasteiger partial charge is 0.507 e. The van der Waals surface area contributed by atoms with Crippen molar-refractivity contribution in [3.63, 3.8) is 0 Å². The van der Waals surface area contributed by atoms with Gasteiger partial charge < -0.3 is 14.7 Å². The van der Waals surface area contributed by atoms with E-state index in [0.717, 1.165) is 47.6 Å². The summed E-state index contributed by atoms with van der Waals surface area (Å²) in [7, 11) is 0. The van der Waals surface area contributed by atoms with Crippen LogP contribution in [0, 0.1) is 0 Å². The number of morpholine rings is 1. The van der Waals surface area contributed by atoms with Crippen molar-refractivity contribution in [1.82, 2.24) is 29.9 Å². The highest BCUT2D eigenvalue weighted by Gasteiger charge is 2.20. The van der Waals surface area contributed by atoms with Crippen LogP contribution in [0.3, 0.4) is 0 Å². The van der Waals surface area contributed by atoms with Gasteiger partial charge in [-0.05, 0) is 24.6 Å². The number of ether oxygens (including phenoxy) is 1. The number of H-pyrrole nitrogens is 1. The van der Waals surface area contributed by atoms with Gasteiger partial charge in [0.25, 0.3) is 0 Å². The number of nitrogens with one attached hydrogen (secondary N) is 1. The number of aryl methyl sites for hydroxylation is 1. The Bertz CT molecular complexity index is 1200. The standard InChI is InChI=1S/C20H21N7O2S/c1-2-15-13-9-14(17(28)10-16(13)23-22-15)19-24-25-20(30)27(19)12-3-4-18(21-11-12)26-5-7-29-8-6-26/h3-4,9-11,28H,2,5-8H2,1H3,(H,22,23)(H,25,30). The van der Waals surface area contributed by atoms with Crippen LogP contribution in [0.25, 0.3) is 28.0 Å². The predicted molar refractivity (Wildman–Crippen MR) is 116 cm³/mol. The first-order valence-electron chi connectivity index (χ1n) is 9.79. The monoisotopic (exact) mass is 423 g/mol. The lowest BCUT2D eigenvalue weighted by molar-refractivity contribution is 0.122. The normalized spacial score (nSPS) is 14.5. The summed E-state index contributed by atoms with van der Waals surface area (Å²) >= 11 is 4.48. The third-order valence-corrected chi connectivity index (χ3v) is 5.59. The number of aromatic hydroxyl groups is 1. The van der Waals surface area contributed by atoms with Crippen LogP contribution >= 0.6 is 12.6 Å². The predicted octanol–water partition coefficient (Wildman–Crippen LogP) is 2.60. The number of pyridine rings is 1. The highest BCUT2D eigenvalue weighted by atomic mass is 32.1. The molecule has 0 aliphatic carbocycles. The highest BCUT2D eigenvalue weighted by molar-refractivity contribution is 7.80. The molecule has 1 aliphatic heterocycles. The molecule has 0 atom stereocenters. The molecule has 0 unspecified atom stereocenters. The van der Waals surface area contributed by atoms with Gasteiger partial charge in [0.15, 0.2) is 11.0 Å². The second kappa shape index (κ2) is 7.62. The lowest BCUT2D eigenvalue weighted by atomic mass is 10.1. The molecule has 3 aromatic heterocycles. The molecule has 9 nitrogen and oxygen atoms in total. The van der Waals surface area contributed by atoms with E-state index in [1.807, 2.05) is 25.1 Å². The van der Waals surface area contributed by atoms with Gasteiger partial charge in [-0.1, -0.05) is 6.92 Å². The summed E-state index contributed by atoms with van der Waals surface area (Å²) < 4.78 is 7.18. The fourth-order valence-corrected chi connectivity index (χ4v) is 3.99. The van der Waals surface area contributed by atoms with E-state index in [-0.39, 0.29) is 5.75 Å². The van der Waals surface area contributed by atoms with Crippen molar-refractivity contribution in [1.29, 1.82) is 0 Å². The number of hydrogen-bond acceptors (Lipinski definition) is 8. The number of thiol groups is 1. The Labute approximate surface area is 178 Å². The summed E-state index contributed by atoms with van der Waals surface area (Å²) in [6.45, 7) is 5.09. The van der Waals surface area contributed by atoms with Crippen LogP contribution in [0.15, 0.2) is 35.6 Å². The average molecular weight is 424 g/mol. The molecule has 0 saturated carbocycles. The number of fused-ring (bicyclic) bond motifs is 1. The number of rotatable bonds is 4. The molecule has 4 heterocycles. The van der Waals surface area contributed by atoms with Crippen LogP contribution < -0.4 is 4.90 Å². The van der Waals surface area contributed by atoms with Crippen molar-refractivity contribution in [3.05, 3.63) is 36.2 Å². The molecule has 1 aromatic carbocycles. The maximum Gasteiger partial charge on any atom is 0.193 e. The third kappa shape index (κ3) is 3.17. The summed E-state index contributed by atoms with van der Waals surface area (Å²) in [6.07, 6.45) is 2.55. The minimum absolute atomic E-state index is 0.0914. The van der Waals surface area contributed by atoms with Crippen LogP contribution in [-0.2, 0) is 11.2 Å². The van der Waals surface area contributed by atoms with Crippen molar-refractivity contribution < 1.29 is 9.84 Å². The van der Waals surface area contributed by atoms with E-state index in [0.29, 0.717) is 29.8 Å². The minimum atomic E-state index is 0.0914. The zero-order valence-corrected chi connectivity index (χ0v) is 17.3. The Morgan fingerprint density at radius 1 is 1.20 bits per heavy atom. The summed E-state index contributed by atoms with van der Waals surface area (Å²) in [4.78, 5) is 6.80.